The smallest absolute Gasteiger partial charge is 0.328 e. The molecule has 2 aromatic heterocycles. The van der Waals surface area contributed by atoms with E-state index in [1.807, 2.05) is 43.5 Å². The Balaban J connectivity index is 1.82. The Hall–Kier alpha value is -2.60. The zero-order valence-corrected chi connectivity index (χ0v) is 15.0. The Kier molecular flexibility index (Phi) is 5.19. The molecular weight excluding hydrogens is 336 g/mol. The summed E-state index contributed by atoms with van der Waals surface area (Å²) >= 11 is 1.40. The first-order valence-electron chi connectivity index (χ1n) is 8.17. The van der Waals surface area contributed by atoms with Crippen molar-refractivity contribution in [3.63, 3.8) is 0 Å². The molecule has 2 heterocycles. The van der Waals surface area contributed by atoms with Crippen molar-refractivity contribution in [2.45, 2.75) is 26.3 Å². The van der Waals surface area contributed by atoms with Gasteiger partial charge in [0.05, 0.1) is 11.5 Å². The molecule has 6 heteroatoms. The highest BCUT2D eigenvalue weighted by molar-refractivity contribution is 7.13. The van der Waals surface area contributed by atoms with Gasteiger partial charge in [0, 0.05) is 28.4 Å². The summed E-state index contributed by atoms with van der Waals surface area (Å²) < 4.78 is 5.15. The average Bonchev–Trinajstić information content (AvgIpc) is 3.21. The summed E-state index contributed by atoms with van der Waals surface area (Å²) in [4.78, 5) is 29.6. The van der Waals surface area contributed by atoms with Crippen LogP contribution in [0.1, 0.15) is 27.0 Å². The topological polar surface area (TPSA) is 71.2 Å². The third-order valence-electron chi connectivity index (χ3n) is 3.94. The number of carbonyl (C=O) groups excluding carboxylic acids is 2. The molecule has 0 aliphatic heterocycles. The first kappa shape index (κ1) is 17.2. The molecular formula is C19H20N2O3S. The number of rotatable bonds is 6. The van der Waals surface area contributed by atoms with Gasteiger partial charge in [-0.05, 0) is 37.6 Å². The number of aromatic nitrogens is 1. The lowest BCUT2D eigenvalue weighted by Crippen LogP contribution is -2.43. The van der Waals surface area contributed by atoms with Gasteiger partial charge in [-0.3, -0.25) is 4.79 Å². The molecule has 3 rings (SSSR count). The van der Waals surface area contributed by atoms with Crippen LogP contribution in [0.4, 0.5) is 0 Å². The molecule has 0 fully saturated rings. The molecule has 0 saturated carbocycles. The molecule has 0 spiro atoms. The zero-order chi connectivity index (χ0) is 17.8. The third kappa shape index (κ3) is 3.91. The van der Waals surface area contributed by atoms with E-state index in [1.165, 1.54) is 11.3 Å². The van der Waals surface area contributed by atoms with Crippen molar-refractivity contribution in [3.8, 4) is 0 Å². The Morgan fingerprint density at radius 3 is 2.76 bits per heavy atom. The van der Waals surface area contributed by atoms with E-state index in [4.69, 9.17) is 4.74 Å². The van der Waals surface area contributed by atoms with Gasteiger partial charge in [0.2, 0.25) is 0 Å². The number of amides is 1. The Morgan fingerprint density at radius 2 is 2.04 bits per heavy atom. The van der Waals surface area contributed by atoms with E-state index >= 15 is 0 Å². The second-order valence-electron chi connectivity index (χ2n) is 5.75. The largest absolute Gasteiger partial charge is 0.464 e. The van der Waals surface area contributed by atoms with Gasteiger partial charge in [-0.15, -0.1) is 11.3 Å². The zero-order valence-electron chi connectivity index (χ0n) is 14.2. The molecule has 130 valence electrons. The predicted molar refractivity (Wildman–Crippen MR) is 98.9 cm³/mol. The van der Waals surface area contributed by atoms with Gasteiger partial charge < -0.3 is 15.0 Å². The number of ether oxygens (including phenoxy) is 1. The van der Waals surface area contributed by atoms with Gasteiger partial charge in [-0.25, -0.2) is 4.79 Å². The first-order valence-corrected chi connectivity index (χ1v) is 8.99. The molecule has 1 aromatic carbocycles. The summed E-state index contributed by atoms with van der Waals surface area (Å²) in [5.74, 6) is -0.676. The fourth-order valence-corrected chi connectivity index (χ4v) is 3.51. The van der Waals surface area contributed by atoms with Crippen LogP contribution >= 0.6 is 11.3 Å². The van der Waals surface area contributed by atoms with E-state index in [1.54, 1.807) is 13.0 Å². The van der Waals surface area contributed by atoms with Crippen molar-refractivity contribution in [3.05, 3.63) is 57.9 Å². The van der Waals surface area contributed by atoms with Crippen LogP contribution in [-0.4, -0.2) is 29.5 Å². The van der Waals surface area contributed by atoms with Crippen LogP contribution in [0.15, 0.2) is 42.6 Å². The monoisotopic (exact) mass is 356 g/mol. The summed E-state index contributed by atoms with van der Waals surface area (Å²) in [5.41, 5.74) is 1.97. The van der Waals surface area contributed by atoms with E-state index in [-0.39, 0.29) is 12.5 Å². The number of fused-ring (bicyclic) bond motifs is 1. The Morgan fingerprint density at radius 1 is 1.24 bits per heavy atom. The second kappa shape index (κ2) is 7.53. The summed E-state index contributed by atoms with van der Waals surface area (Å²) in [6.07, 6.45) is 2.25. The highest BCUT2D eigenvalue weighted by atomic mass is 32.1. The summed E-state index contributed by atoms with van der Waals surface area (Å²) in [7, 11) is 0. The molecule has 1 atom stereocenters. The molecule has 1 amide bonds. The molecule has 0 saturated heterocycles. The number of hydrogen-bond donors (Lipinski definition) is 2. The summed E-state index contributed by atoms with van der Waals surface area (Å²) in [6, 6.07) is 10.8. The van der Waals surface area contributed by atoms with Crippen molar-refractivity contribution in [2.75, 3.05) is 6.61 Å². The van der Waals surface area contributed by atoms with Crippen molar-refractivity contribution in [2.24, 2.45) is 0 Å². The molecule has 0 aliphatic carbocycles. The Bertz CT molecular complexity index is 897. The molecule has 0 bridgehead atoms. The summed E-state index contributed by atoms with van der Waals surface area (Å²) in [6.45, 7) is 3.97. The normalized spacial score (nSPS) is 12.1. The number of aromatic amines is 1. The molecule has 1 unspecified atom stereocenters. The Labute approximate surface area is 150 Å². The molecule has 0 radical (unpaired) electrons. The minimum Gasteiger partial charge on any atom is -0.464 e. The quantitative estimate of drug-likeness (QED) is 0.665. The lowest BCUT2D eigenvalue weighted by atomic mass is 10.0. The van der Waals surface area contributed by atoms with Crippen molar-refractivity contribution >= 4 is 34.1 Å². The van der Waals surface area contributed by atoms with Crippen LogP contribution in [0.2, 0.25) is 0 Å². The third-order valence-corrected chi connectivity index (χ3v) is 4.94. The van der Waals surface area contributed by atoms with E-state index in [2.05, 4.69) is 10.3 Å². The van der Waals surface area contributed by atoms with Crippen LogP contribution in [0.25, 0.3) is 10.9 Å². The first-order chi connectivity index (χ1) is 12.1. The number of hydrogen-bond acceptors (Lipinski definition) is 4. The maximum Gasteiger partial charge on any atom is 0.328 e. The highest BCUT2D eigenvalue weighted by Crippen LogP contribution is 2.20. The minimum atomic E-state index is -0.728. The summed E-state index contributed by atoms with van der Waals surface area (Å²) in [5, 5.41) is 3.86. The van der Waals surface area contributed by atoms with Crippen LogP contribution < -0.4 is 5.32 Å². The molecule has 0 aliphatic rings. The molecule has 3 aromatic rings. The number of esters is 1. The SMILES string of the molecule is CCOC(=O)C(Cc1c[nH]c2ccccc12)NC(=O)c1ccc(C)s1. The van der Waals surface area contributed by atoms with Crippen molar-refractivity contribution < 1.29 is 14.3 Å². The predicted octanol–water partition coefficient (Wildman–Crippen LogP) is 3.44. The number of thiophene rings is 1. The van der Waals surface area contributed by atoms with E-state index < -0.39 is 12.0 Å². The van der Waals surface area contributed by atoms with Crippen molar-refractivity contribution in [1.82, 2.24) is 10.3 Å². The number of benzene rings is 1. The van der Waals surface area contributed by atoms with E-state index in [9.17, 15) is 9.59 Å². The standard InChI is InChI=1S/C19H20N2O3S/c1-3-24-19(23)16(21-18(22)17-9-8-12(2)25-17)10-13-11-20-15-7-5-4-6-14(13)15/h4-9,11,16,20H,3,10H2,1-2H3,(H,21,22). The van der Waals surface area contributed by atoms with Crippen LogP contribution in [0, 0.1) is 6.92 Å². The lowest BCUT2D eigenvalue weighted by molar-refractivity contribution is -0.145. The minimum absolute atomic E-state index is 0.254. The average molecular weight is 356 g/mol. The highest BCUT2D eigenvalue weighted by Gasteiger charge is 2.24. The fourth-order valence-electron chi connectivity index (χ4n) is 2.74. The van der Waals surface area contributed by atoms with Gasteiger partial charge >= 0.3 is 5.97 Å². The molecule has 5 nitrogen and oxygen atoms in total. The second-order valence-corrected chi connectivity index (χ2v) is 7.04. The fraction of sp³-hybridized carbons (Fsp3) is 0.263. The molecule has 2 N–H and O–H groups in total. The van der Waals surface area contributed by atoms with Crippen LogP contribution in [0.5, 0.6) is 0 Å². The number of aryl methyl sites for hydroxylation is 1. The molecule has 25 heavy (non-hydrogen) atoms. The van der Waals surface area contributed by atoms with Gasteiger partial charge in [-0.1, -0.05) is 18.2 Å². The van der Waals surface area contributed by atoms with E-state index in [0.717, 1.165) is 21.3 Å². The van der Waals surface area contributed by atoms with Crippen molar-refractivity contribution in [1.29, 1.82) is 0 Å². The number of nitrogens with one attached hydrogen (secondary N) is 2. The number of para-hydroxylation sites is 1. The maximum atomic E-state index is 12.5. The van der Waals surface area contributed by atoms with Gasteiger partial charge in [0.1, 0.15) is 6.04 Å². The van der Waals surface area contributed by atoms with Gasteiger partial charge in [0.25, 0.3) is 5.91 Å². The number of carbonyl (C=O) groups is 2. The van der Waals surface area contributed by atoms with Crippen LogP contribution in [-0.2, 0) is 16.0 Å². The maximum absolute atomic E-state index is 12.5. The van der Waals surface area contributed by atoms with Crippen LogP contribution in [0.3, 0.4) is 0 Å². The number of H-pyrrole nitrogens is 1. The van der Waals surface area contributed by atoms with E-state index in [0.29, 0.717) is 11.3 Å². The van der Waals surface area contributed by atoms with Gasteiger partial charge in [0.15, 0.2) is 0 Å². The van der Waals surface area contributed by atoms with Gasteiger partial charge in [-0.2, -0.15) is 0 Å². The lowest BCUT2D eigenvalue weighted by Gasteiger charge is -2.16.